The fourth-order valence-corrected chi connectivity index (χ4v) is 6.32. The first-order valence-corrected chi connectivity index (χ1v) is 13.5. The first-order valence-electron chi connectivity index (χ1n) is 13.1. The van der Waals surface area contributed by atoms with E-state index >= 15 is 0 Å². The fraction of sp³-hybridized carbons (Fsp3) is 0.300. The second kappa shape index (κ2) is 9.70. The van der Waals surface area contributed by atoms with Gasteiger partial charge in [-0.3, -0.25) is 19.7 Å². The summed E-state index contributed by atoms with van der Waals surface area (Å²) < 4.78 is 7.56. The summed E-state index contributed by atoms with van der Waals surface area (Å²) in [5.41, 5.74) is 3.48. The lowest BCUT2D eigenvalue weighted by atomic mass is 9.93. The van der Waals surface area contributed by atoms with Gasteiger partial charge in [-0.2, -0.15) is 0 Å². The number of aryl methyl sites for hydroxylation is 1. The quantitative estimate of drug-likeness (QED) is 0.358. The second-order valence-electron chi connectivity index (χ2n) is 10.4. The first-order chi connectivity index (χ1) is 18.8. The number of carbonyl (C=O) groups is 3. The average Bonchev–Trinajstić information content (AvgIpc) is 3.38. The van der Waals surface area contributed by atoms with Crippen LogP contribution in [0.25, 0.3) is 32.9 Å². The molecule has 1 fully saturated rings. The Hall–Kier alpha value is -3.88. The molecular weight excluding hydrogens is 516 g/mol. The molecule has 8 nitrogen and oxygen atoms in total. The summed E-state index contributed by atoms with van der Waals surface area (Å²) in [6.07, 6.45) is 0.300. The van der Waals surface area contributed by atoms with E-state index in [4.69, 9.17) is 16.3 Å². The predicted molar refractivity (Wildman–Crippen MR) is 151 cm³/mol. The number of benzene rings is 3. The third-order valence-electron chi connectivity index (χ3n) is 7.67. The molecule has 4 aromatic rings. The zero-order valence-corrected chi connectivity index (χ0v) is 22.8. The third kappa shape index (κ3) is 4.24. The Morgan fingerprint density at radius 2 is 1.69 bits per heavy atom. The lowest BCUT2D eigenvalue weighted by Crippen LogP contribution is -2.55. The summed E-state index contributed by atoms with van der Waals surface area (Å²) in [6, 6.07) is 15.3. The third-order valence-corrected chi connectivity index (χ3v) is 8.00. The average molecular weight is 545 g/mol. The maximum atomic E-state index is 13.3. The number of amides is 3. The van der Waals surface area contributed by atoms with Crippen molar-refractivity contribution < 1.29 is 19.1 Å². The molecule has 2 unspecified atom stereocenters. The number of halogens is 1. The van der Waals surface area contributed by atoms with Crippen molar-refractivity contribution in [3.63, 3.8) is 0 Å². The van der Waals surface area contributed by atoms with E-state index in [0.717, 1.165) is 16.4 Å². The highest BCUT2D eigenvalue weighted by molar-refractivity contribution is 6.36. The van der Waals surface area contributed by atoms with Crippen LogP contribution >= 0.6 is 11.6 Å². The number of piperazine rings is 1. The van der Waals surface area contributed by atoms with E-state index in [2.05, 4.69) is 29.0 Å². The highest BCUT2D eigenvalue weighted by atomic mass is 35.5. The Bertz CT molecular complexity index is 1670. The highest BCUT2D eigenvalue weighted by Gasteiger charge is 2.35. The van der Waals surface area contributed by atoms with Crippen molar-refractivity contribution in [2.75, 3.05) is 20.2 Å². The molecule has 0 spiro atoms. The Morgan fingerprint density at radius 1 is 0.974 bits per heavy atom. The summed E-state index contributed by atoms with van der Waals surface area (Å²) in [6.45, 7) is 5.91. The summed E-state index contributed by atoms with van der Waals surface area (Å²) in [5, 5.41) is 7.87. The van der Waals surface area contributed by atoms with Crippen LogP contribution in [-0.2, 0) is 11.3 Å². The van der Waals surface area contributed by atoms with Crippen molar-refractivity contribution in [1.29, 1.82) is 0 Å². The number of hydrogen-bond donors (Lipinski definition) is 2. The van der Waals surface area contributed by atoms with Crippen LogP contribution in [0.15, 0.2) is 48.5 Å². The molecule has 3 amide bonds. The molecule has 1 aromatic heterocycles. The number of methoxy groups -OCH3 is 1. The van der Waals surface area contributed by atoms with Crippen LogP contribution in [0.1, 0.15) is 41.0 Å². The van der Waals surface area contributed by atoms with Crippen LogP contribution < -0.4 is 15.4 Å². The highest BCUT2D eigenvalue weighted by Crippen LogP contribution is 2.42. The van der Waals surface area contributed by atoms with Crippen LogP contribution in [0.4, 0.5) is 0 Å². The molecule has 200 valence electrons. The van der Waals surface area contributed by atoms with Gasteiger partial charge in [0.2, 0.25) is 5.91 Å². The SMILES string of the molecule is COc1ccc2c(c1)c1c3c(c(-c4ccccc4Cl)cc1n2CCC(=O)N1CC(C)NC(C)C1)C(=O)NC3=O. The molecular formula is C30H29ClN4O4. The minimum absolute atomic E-state index is 0.0825. The molecule has 2 N–H and O–H groups in total. The maximum absolute atomic E-state index is 13.3. The van der Waals surface area contributed by atoms with Crippen molar-refractivity contribution >= 4 is 51.1 Å². The molecule has 2 atom stereocenters. The van der Waals surface area contributed by atoms with Gasteiger partial charge in [0.25, 0.3) is 11.8 Å². The van der Waals surface area contributed by atoms with E-state index in [1.807, 2.05) is 47.4 Å². The van der Waals surface area contributed by atoms with E-state index in [-0.39, 0.29) is 18.0 Å². The summed E-state index contributed by atoms with van der Waals surface area (Å²) in [7, 11) is 1.59. The van der Waals surface area contributed by atoms with E-state index in [0.29, 0.717) is 64.5 Å². The van der Waals surface area contributed by atoms with E-state index in [9.17, 15) is 14.4 Å². The van der Waals surface area contributed by atoms with Gasteiger partial charge in [-0.25, -0.2) is 0 Å². The standard InChI is InChI=1S/C30H29ClN4O4/c1-16-14-34(15-17(2)32-16)25(36)10-11-35-23-9-8-18(39-3)12-21(23)26-24(35)13-20(19-6-4-5-7-22(19)31)27-28(26)30(38)33-29(27)37/h4-9,12-13,16-17,32H,10-11,14-15H2,1-3H3,(H,33,37,38). The fourth-order valence-electron chi connectivity index (χ4n) is 6.08. The minimum Gasteiger partial charge on any atom is -0.497 e. The number of aromatic nitrogens is 1. The zero-order valence-electron chi connectivity index (χ0n) is 22.0. The van der Waals surface area contributed by atoms with Crippen molar-refractivity contribution in [1.82, 2.24) is 20.1 Å². The van der Waals surface area contributed by atoms with Crippen molar-refractivity contribution in [2.24, 2.45) is 0 Å². The lowest BCUT2D eigenvalue weighted by molar-refractivity contribution is -0.133. The lowest BCUT2D eigenvalue weighted by Gasteiger charge is -2.36. The minimum atomic E-state index is -0.451. The van der Waals surface area contributed by atoms with Gasteiger partial charge in [0.05, 0.1) is 23.8 Å². The molecule has 2 aliphatic rings. The van der Waals surface area contributed by atoms with Gasteiger partial charge in [0, 0.05) is 65.0 Å². The smallest absolute Gasteiger partial charge is 0.259 e. The monoisotopic (exact) mass is 544 g/mol. The topological polar surface area (TPSA) is 92.7 Å². The summed E-state index contributed by atoms with van der Waals surface area (Å²) in [4.78, 5) is 41.5. The number of nitrogens with one attached hydrogen (secondary N) is 2. The van der Waals surface area contributed by atoms with E-state index < -0.39 is 11.8 Å². The number of imide groups is 1. The van der Waals surface area contributed by atoms with Gasteiger partial charge in [0.15, 0.2) is 0 Å². The zero-order chi connectivity index (χ0) is 27.4. The summed E-state index contributed by atoms with van der Waals surface area (Å²) >= 11 is 6.57. The van der Waals surface area contributed by atoms with Gasteiger partial charge in [-0.15, -0.1) is 0 Å². The van der Waals surface area contributed by atoms with Crippen LogP contribution in [0.2, 0.25) is 5.02 Å². The Morgan fingerprint density at radius 3 is 2.41 bits per heavy atom. The van der Waals surface area contributed by atoms with Gasteiger partial charge < -0.3 is 19.5 Å². The molecule has 2 aliphatic heterocycles. The molecule has 0 aliphatic carbocycles. The van der Waals surface area contributed by atoms with Gasteiger partial charge >= 0.3 is 0 Å². The number of ether oxygens (including phenoxy) is 1. The molecule has 0 bridgehead atoms. The van der Waals surface area contributed by atoms with Crippen LogP contribution in [0.3, 0.4) is 0 Å². The Labute approximate surface area is 230 Å². The molecule has 1 saturated heterocycles. The molecule has 3 heterocycles. The number of nitrogens with zero attached hydrogens (tertiary/aromatic N) is 2. The maximum Gasteiger partial charge on any atom is 0.259 e. The molecule has 6 rings (SSSR count). The van der Waals surface area contributed by atoms with Crippen LogP contribution in [0, 0.1) is 0 Å². The summed E-state index contributed by atoms with van der Waals surface area (Å²) in [5.74, 6) is -0.183. The van der Waals surface area contributed by atoms with Gasteiger partial charge in [0.1, 0.15) is 5.75 Å². The number of fused-ring (bicyclic) bond motifs is 5. The molecule has 0 saturated carbocycles. The predicted octanol–water partition coefficient (Wildman–Crippen LogP) is 4.61. The molecule has 9 heteroatoms. The number of hydrogen-bond acceptors (Lipinski definition) is 5. The molecule has 3 aromatic carbocycles. The number of rotatable bonds is 5. The van der Waals surface area contributed by atoms with Gasteiger partial charge in [-0.1, -0.05) is 29.8 Å². The van der Waals surface area contributed by atoms with Crippen molar-refractivity contribution in [3.8, 4) is 16.9 Å². The van der Waals surface area contributed by atoms with Crippen molar-refractivity contribution in [2.45, 2.75) is 38.9 Å². The van der Waals surface area contributed by atoms with E-state index in [1.165, 1.54) is 0 Å². The van der Waals surface area contributed by atoms with Crippen LogP contribution in [-0.4, -0.2) is 59.5 Å². The Kier molecular flexibility index (Phi) is 6.32. The number of carbonyl (C=O) groups excluding carboxylic acids is 3. The van der Waals surface area contributed by atoms with Crippen LogP contribution in [0.5, 0.6) is 5.75 Å². The largest absolute Gasteiger partial charge is 0.497 e. The first kappa shape index (κ1) is 25.4. The second-order valence-corrected chi connectivity index (χ2v) is 10.8. The van der Waals surface area contributed by atoms with Gasteiger partial charge in [-0.05, 0) is 49.7 Å². The van der Waals surface area contributed by atoms with E-state index in [1.54, 1.807) is 13.2 Å². The molecule has 39 heavy (non-hydrogen) atoms. The normalized spacial score (nSPS) is 19.0. The molecule has 0 radical (unpaired) electrons. The Balaban J connectivity index is 1.55. The van der Waals surface area contributed by atoms with Crippen molar-refractivity contribution in [3.05, 3.63) is 64.7 Å².